The Labute approximate surface area is 112 Å². The fraction of sp³-hybridized carbons (Fsp3) is 0.0833. The van der Waals surface area contributed by atoms with Crippen molar-refractivity contribution in [3.8, 4) is 10.9 Å². The number of fused-ring (bicyclic) bond motifs is 1. The highest BCUT2D eigenvalue weighted by molar-refractivity contribution is 7.13. The Kier molecular flexibility index (Phi) is 3.08. The van der Waals surface area contributed by atoms with Crippen molar-refractivity contribution in [2.24, 2.45) is 0 Å². The van der Waals surface area contributed by atoms with E-state index in [9.17, 15) is 0 Å². The van der Waals surface area contributed by atoms with Gasteiger partial charge in [-0.15, -0.1) is 16.7 Å². The van der Waals surface area contributed by atoms with E-state index in [1.165, 1.54) is 11.3 Å². The van der Waals surface area contributed by atoms with Crippen LogP contribution >= 0.6 is 22.9 Å². The van der Waals surface area contributed by atoms with Crippen molar-refractivity contribution < 1.29 is 4.74 Å². The molecule has 2 aromatic heterocycles. The molecular formula is C12H8ClN3OS. The van der Waals surface area contributed by atoms with Gasteiger partial charge in [-0.25, -0.2) is 0 Å². The second kappa shape index (κ2) is 4.88. The Morgan fingerprint density at radius 1 is 1.22 bits per heavy atom. The molecule has 0 radical (unpaired) electrons. The van der Waals surface area contributed by atoms with Crippen LogP contribution in [0.3, 0.4) is 0 Å². The van der Waals surface area contributed by atoms with Crippen LogP contribution in [0, 0.1) is 0 Å². The number of aromatic nitrogens is 3. The van der Waals surface area contributed by atoms with Gasteiger partial charge in [-0.05, 0) is 18.2 Å². The van der Waals surface area contributed by atoms with Crippen molar-refractivity contribution in [3.05, 3.63) is 41.5 Å². The highest BCUT2D eigenvalue weighted by atomic mass is 35.5. The summed E-state index contributed by atoms with van der Waals surface area (Å²) in [5.74, 6) is 1.04. The van der Waals surface area contributed by atoms with Gasteiger partial charge in [-0.2, -0.15) is 0 Å². The van der Waals surface area contributed by atoms with Gasteiger partial charge >= 0.3 is 0 Å². The van der Waals surface area contributed by atoms with Gasteiger partial charge < -0.3 is 4.74 Å². The topological polar surface area (TPSA) is 47.9 Å². The first-order valence-corrected chi connectivity index (χ1v) is 6.61. The molecule has 3 aromatic rings. The lowest BCUT2D eigenvalue weighted by atomic mass is 10.2. The molecule has 2 heterocycles. The number of alkyl halides is 1. The van der Waals surface area contributed by atoms with Gasteiger partial charge in [0.15, 0.2) is 0 Å². The first kappa shape index (κ1) is 11.4. The zero-order chi connectivity index (χ0) is 12.4. The number of hydrogen-bond acceptors (Lipinski definition) is 5. The standard InChI is InChI=1S/C12H8ClN3OS/c13-7-11-15-16-12(18-11)17-9-4-3-8-2-1-5-14-10(8)6-9/h1-6H,7H2. The minimum absolute atomic E-state index is 0.348. The molecule has 6 heteroatoms. The Morgan fingerprint density at radius 2 is 2.17 bits per heavy atom. The van der Waals surface area contributed by atoms with Crippen molar-refractivity contribution >= 4 is 33.8 Å². The van der Waals surface area contributed by atoms with E-state index in [-0.39, 0.29) is 0 Å². The van der Waals surface area contributed by atoms with Crippen LogP contribution in [0.4, 0.5) is 0 Å². The monoisotopic (exact) mass is 277 g/mol. The summed E-state index contributed by atoms with van der Waals surface area (Å²) in [5.41, 5.74) is 0.886. The van der Waals surface area contributed by atoms with Crippen molar-refractivity contribution in [1.82, 2.24) is 15.2 Å². The molecule has 0 saturated heterocycles. The van der Waals surface area contributed by atoms with Crippen molar-refractivity contribution in [2.75, 3.05) is 0 Å². The second-order valence-corrected chi connectivity index (χ2v) is 4.85. The number of benzene rings is 1. The highest BCUT2D eigenvalue weighted by Crippen LogP contribution is 2.27. The molecule has 1 aromatic carbocycles. The summed E-state index contributed by atoms with van der Waals surface area (Å²) < 4.78 is 5.62. The molecular weight excluding hydrogens is 270 g/mol. The maximum absolute atomic E-state index is 5.66. The third-order valence-corrected chi connectivity index (χ3v) is 3.56. The maximum Gasteiger partial charge on any atom is 0.299 e. The van der Waals surface area contributed by atoms with E-state index in [1.807, 2.05) is 30.3 Å². The Hall–Kier alpha value is -1.72. The summed E-state index contributed by atoms with van der Waals surface area (Å²) in [6.07, 6.45) is 1.75. The predicted octanol–water partition coefficient (Wildman–Crippen LogP) is 3.62. The third-order valence-electron chi connectivity index (χ3n) is 2.35. The molecule has 90 valence electrons. The van der Waals surface area contributed by atoms with Crippen LogP contribution in [-0.4, -0.2) is 15.2 Å². The number of ether oxygens (including phenoxy) is 1. The molecule has 0 atom stereocenters. The fourth-order valence-electron chi connectivity index (χ4n) is 1.54. The van der Waals surface area contributed by atoms with E-state index in [1.54, 1.807) is 6.20 Å². The van der Waals surface area contributed by atoms with Crippen LogP contribution in [0.1, 0.15) is 5.01 Å². The van der Waals surface area contributed by atoms with Crippen LogP contribution in [0.5, 0.6) is 10.9 Å². The lowest BCUT2D eigenvalue weighted by Crippen LogP contribution is -1.84. The summed E-state index contributed by atoms with van der Waals surface area (Å²) in [6.45, 7) is 0. The molecule has 0 fully saturated rings. The van der Waals surface area contributed by atoms with Crippen LogP contribution < -0.4 is 4.74 Å². The number of pyridine rings is 1. The van der Waals surface area contributed by atoms with E-state index in [0.29, 0.717) is 16.8 Å². The average Bonchev–Trinajstić information content (AvgIpc) is 2.86. The molecule has 3 rings (SSSR count). The van der Waals surface area contributed by atoms with Crippen molar-refractivity contribution in [1.29, 1.82) is 0 Å². The van der Waals surface area contributed by atoms with Crippen LogP contribution in [0.15, 0.2) is 36.5 Å². The Balaban J connectivity index is 1.90. The first-order chi connectivity index (χ1) is 8.85. The summed E-state index contributed by atoms with van der Waals surface area (Å²) >= 11 is 7.00. The molecule has 0 amide bonds. The SMILES string of the molecule is ClCc1nnc(Oc2ccc3cccnc3c2)s1. The second-order valence-electron chi connectivity index (χ2n) is 3.56. The van der Waals surface area contributed by atoms with Gasteiger partial charge in [-0.3, -0.25) is 4.98 Å². The van der Waals surface area contributed by atoms with Gasteiger partial charge in [-0.1, -0.05) is 22.5 Å². The van der Waals surface area contributed by atoms with Gasteiger partial charge in [0.05, 0.1) is 11.4 Å². The van der Waals surface area contributed by atoms with Gasteiger partial charge in [0.2, 0.25) is 0 Å². The summed E-state index contributed by atoms with van der Waals surface area (Å²) in [5, 5.41) is 10.1. The lowest BCUT2D eigenvalue weighted by Gasteiger charge is -2.02. The summed E-state index contributed by atoms with van der Waals surface area (Å²) in [4.78, 5) is 4.27. The minimum atomic E-state index is 0.348. The largest absolute Gasteiger partial charge is 0.430 e. The zero-order valence-electron chi connectivity index (χ0n) is 9.21. The normalized spacial score (nSPS) is 10.7. The van der Waals surface area contributed by atoms with Gasteiger partial charge in [0.1, 0.15) is 10.8 Å². The molecule has 0 aliphatic rings. The molecule has 0 N–H and O–H groups in total. The fourth-order valence-corrected chi connectivity index (χ4v) is 2.32. The number of rotatable bonds is 3. The molecule has 0 aliphatic carbocycles. The molecule has 4 nitrogen and oxygen atoms in total. The first-order valence-electron chi connectivity index (χ1n) is 5.26. The lowest BCUT2D eigenvalue weighted by molar-refractivity contribution is 0.473. The van der Waals surface area contributed by atoms with Gasteiger partial charge in [0.25, 0.3) is 5.19 Å². The minimum Gasteiger partial charge on any atom is -0.430 e. The van der Waals surface area contributed by atoms with Crippen molar-refractivity contribution in [2.45, 2.75) is 5.88 Å². The zero-order valence-corrected chi connectivity index (χ0v) is 10.8. The smallest absolute Gasteiger partial charge is 0.299 e. The van der Waals surface area contributed by atoms with E-state index >= 15 is 0 Å². The summed E-state index contributed by atoms with van der Waals surface area (Å²) in [7, 11) is 0. The van der Waals surface area contributed by atoms with E-state index < -0.39 is 0 Å². The number of halogens is 1. The van der Waals surface area contributed by atoms with Crippen molar-refractivity contribution in [3.63, 3.8) is 0 Å². The van der Waals surface area contributed by atoms with E-state index in [0.717, 1.165) is 15.9 Å². The molecule has 0 aliphatic heterocycles. The van der Waals surface area contributed by atoms with E-state index in [4.69, 9.17) is 16.3 Å². The Morgan fingerprint density at radius 3 is 3.00 bits per heavy atom. The average molecular weight is 278 g/mol. The Bertz CT molecular complexity index is 686. The third kappa shape index (κ3) is 2.27. The van der Waals surface area contributed by atoms with E-state index in [2.05, 4.69) is 15.2 Å². The van der Waals surface area contributed by atoms with Gasteiger partial charge in [0, 0.05) is 17.6 Å². The number of hydrogen-bond donors (Lipinski definition) is 0. The van der Waals surface area contributed by atoms with Crippen LogP contribution in [-0.2, 0) is 5.88 Å². The predicted molar refractivity (Wildman–Crippen MR) is 71.3 cm³/mol. The number of nitrogens with zero attached hydrogens (tertiary/aromatic N) is 3. The molecule has 0 unspecified atom stereocenters. The molecule has 0 saturated carbocycles. The highest BCUT2D eigenvalue weighted by Gasteiger charge is 2.06. The molecule has 0 bridgehead atoms. The van der Waals surface area contributed by atoms with Crippen LogP contribution in [0.2, 0.25) is 0 Å². The maximum atomic E-state index is 5.66. The molecule has 0 spiro atoms. The molecule has 18 heavy (non-hydrogen) atoms. The van der Waals surface area contributed by atoms with Crippen LogP contribution in [0.25, 0.3) is 10.9 Å². The summed E-state index contributed by atoms with van der Waals surface area (Å²) in [6, 6.07) is 9.62. The quantitative estimate of drug-likeness (QED) is 0.686.